The number of nitrogen functional groups attached to an aromatic ring is 1. The zero-order valence-electron chi connectivity index (χ0n) is 15.2. The van der Waals surface area contributed by atoms with Gasteiger partial charge in [0.2, 0.25) is 5.96 Å². The predicted octanol–water partition coefficient (Wildman–Crippen LogP) is 0.890. The highest BCUT2D eigenvalue weighted by molar-refractivity contribution is 5.95. The minimum absolute atomic E-state index is 0.0194. The van der Waals surface area contributed by atoms with Gasteiger partial charge in [-0.15, -0.1) is 0 Å². The first-order valence-electron chi connectivity index (χ1n) is 7.93. The molecule has 0 bridgehead atoms. The van der Waals surface area contributed by atoms with Crippen molar-refractivity contribution < 1.29 is 0 Å². The summed E-state index contributed by atoms with van der Waals surface area (Å²) in [7, 11) is 6.50. The number of hydrogen-bond acceptors (Lipinski definition) is 4. The van der Waals surface area contributed by atoms with E-state index in [1.807, 2.05) is 24.3 Å². The van der Waals surface area contributed by atoms with Crippen LogP contribution >= 0.6 is 0 Å². The fourth-order valence-electron chi connectivity index (χ4n) is 2.25. The van der Waals surface area contributed by atoms with Crippen LogP contribution in [-0.4, -0.2) is 34.1 Å². The molecule has 1 heterocycles. The van der Waals surface area contributed by atoms with E-state index in [1.54, 1.807) is 19.0 Å². The van der Waals surface area contributed by atoms with Gasteiger partial charge in [0, 0.05) is 33.9 Å². The van der Waals surface area contributed by atoms with Gasteiger partial charge in [-0.3, -0.25) is 13.9 Å². The van der Waals surface area contributed by atoms with Crippen molar-refractivity contribution in [3.8, 4) is 0 Å². The number of aryl methyl sites for hydroxylation is 1. The van der Waals surface area contributed by atoms with Gasteiger partial charge in [0.05, 0.1) is 0 Å². The Balaban J connectivity index is 2.50. The maximum absolute atomic E-state index is 12.4. The molecule has 0 aliphatic carbocycles. The van der Waals surface area contributed by atoms with Crippen molar-refractivity contribution in [3.63, 3.8) is 0 Å². The van der Waals surface area contributed by atoms with Gasteiger partial charge in [-0.25, -0.2) is 9.79 Å². The molecule has 0 amide bonds. The van der Waals surface area contributed by atoms with E-state index < -0.39 is 11.2 Å². The molecule has 134 valence electrons. The summed E-state index contributed by atoms with van der Waals surface area (Å²) in [6.45, 7) is 2.09. The average Bonchev–Trinajstić information content (AvgIpc) is 2.61. The van der Waals surface area contributed by atoms with Gasteiger partial charge in [0.25, 0.3) is 5.56 Å². The van der Waals surface area contributed by atoms with Gasteiger partial charge in [-0.1, -0.05) is 19.1 Å². The fraction of sp³-hybridized carbons (Fsp3) is 0.353. The van der Waals surface area contributed by atoms with E-state index in [0.717, 1.165) is 16.7 Å². The monoisotopic (exact) mass is 344 g/mol. The standard InChI is InChI=1S/C17H24N6O2/c1-6-11-7-9-12(10-8-11)19-16(21(2)3)20-13-14(18)22(4)17(25)23(5)15(13)24/h7-10H,6,18H2,1-5H3,(H,19,20). The molecule has 1 aromatic carbocycles. The summed E-state index contributed by atoms with van der Waals surface area (Å²) in [5, 5.41) is 3.17. The zero-order valence-corrected chi connectivity index (χ0v) is 15.2. The highest BCUT2D eigenvalue weighted by Gasteiger charge is 2.14. The highest BCUT2D eigenvalue weighted by atomic mass is 16.2. The maximum atomic E-state index is 12.4. The third-order valence-corrected chi connectivity index (χ3v) is 3.94. The lowest BCUT2D eigenvalue weighted by Crippen LogP contribution is -2.38. The Kier molecular flexibility index (Phi) is 5.31. The van der Waals surface area contributed by atoms with Crippen LogP contribution in [0.3, 0.4) is 0 Å². The lowest BCUT2D eigenvalue weighted by molar-refractivity contribution is 0.619. The van der Waals surface area contributed by atoms with Gasteiger partial charge >= 0.3 is 5.69 Å². The quantitative estimate of drug-likeness (QED) is 0.636. The molecule has 0 saturated heterocycles. The van der Waals surface area contributed by atoms with Crippen LogP contribution in [0.2, 0.25) is 0 Å². The number of rotatable bonds is 3. The van der Waals surface area contributed by atoms with Crippen molar-refractivity contribution in [1.82, 2.24) is 14.0 Å². The smallest absolute Gasteiger partial charge is 0.332 e. The highest BCUT2D eigenvalue weighted by Crippen LogP contribution is 2.16. The van der Waals surface area contributed by atoms with E-state index in [1.165, 1.54) is 24.2 Å². The summed E-state index contributed by atoms with van der Waals surface area (Å²) < 4.78 is 2.18. The minimum Gasteiger partial charge on any atom is -0.383 e. The first-order valence-corrected chi connectivity index (χ1v) is 7.93. The number of nitrogens with zero attached hydrogens (tertiary/aromatic N) is 4. The van der Waals surface area contributed by atoms with E-state index in [-0.39, 0.29) is 11.5 Å². The molecule has 2 aromatic rings. The molecular weight excluding hydrogens is 320 g/mol. The van der Waals surface area contributed by atoms with Gasteiger partial charge in [0.15, 0.2) is 5.69 Å². The first kappa shape index (κ1) is 18.3. The van der Waals surface area contributed by atoms with Gasteiger partial charge in [0.1, 0.15) is 5.82 Å². The van der Waals surface area contributed by atoms with E-state index in [4.69, 9.17) is 5.73 Å². The molecule has 3 N–H and O–H groups in total. The number of benzene rings is 1. The van der Waals surface area contributed by atoms with Crippen LogP contribution in [0.5, 0.6) is 0 Å². The molecule has 0 atom stereocenters. The molecular formula is C17H24N6O2. The Morgan fingerprint density at radius 2 is 1.76 bits per heavy atom. The molecule has 0 unspecified atom stereocenters. The van der Waals surface area contributed by atoms with Crippen molar-refractivity contribution in [2.45, 2.75) is 13.3 Å². The second-order valence-electron chi connectivity index (χ2n) is 5.94. The molecule has 0 radical (unpaired) electrons. The van der Waals surface area contributed by atoms with Crippen LogP contribution in [0, 0.1) is 0 Å². The summed E-state index contributed by atoms with van der Waals surface area (Å²) in [6.07, 6.45) is 0.958. The van der Waals surface area contributed by atoms with Crippen LogP contribution < -0.4 is 22.3 Å². The fourth-order valence-corrected chi connectivity index (χ4v) is 2.25. The van der Waals surface area contributed by atoms with Crippen molar-refractivity contribution in [2.75, 3.05) is 25.1 Å². The summed E-state index contributed by atoms with van der Waals surface area (Å²) in [5.74, 6) is 0.460. The second kappa shape index (κ2) is 7.25. The number of nitrogens with two attached hydrogens (primary N) is 1. The molecule has 0 fully saturated rings. The van der Waals surface area contributed by atoms with Crippen molar-refractivity contribution >= 4 is 23.2 Å². The molecule has 2 rings (SSSR count). The summed E-state index contributed by atoms with van der Waals surface area (Å²) in [5.41, 5.74) is 6.98. The predicted molar refractivity (Wildman–Crippen MR) is 102 cm³/mol. The van der Waals surface area contributed by atoms with Crippen LogP contribution in [0.4, 0.5) is 17.2 Å². The molecule has 0 saturated carbocycles. The maximum Gasteiger partial charge on any atom is 0.332 e. The molecule has 1 aromatic heterocycles. The molecule has 0 spiro atoms. The third-order valence-electron chi connectivity index (χ3n) is 3.94. The van der Waals surface area contributed by atoms with Crippen molar-refractivity contribution in [2.24, 2.45) is 19.1 Å². The number of nitrogens with one attached hydrogen (secondary N) is 1. The largest absolute Gasteiger partial charge is 0.383 e. The minimum atomic E-state index is -0.539. The second-order valence-corrected chi connectivity index (χ2v) is 5.94. The lowest BCUT2D eigenvalue weighted by atomic mass is 10.1. The number of guanidine groups is 1. The van der Waals surface area contributed by atoms with Gasteiger partial charge in [-0.2, -0.15) is 0 Å². The Hall–Kier alpha value is -3.03. The normalized spacial score (nSPS) is 11.5. The Labute approximate surface area is 146 Å². The van der Waals surface area contributed by atoms with Crippen LogP contribution in [0.25, 0.3) is 0 Å². The van der Waals surface area contributed by atoms with E-state index in [0.29, 0.717) is 5.96 Å². The summed E-state index contributed by atoms with van der Waals surface area (Å²) in [6, 6.07) is 7.94. The molecule has 25 heavy (non-hydrogen) atoms. The lowest BCUT2D eigenvalue weighted by Gasteiger charge is -2.18. The first-order chi connectivity index (χ1) is 11.8. The number of aromatic nitrogens is 2. The molecule has 0 aliphatic rings. The molecule has 0 aliphatic heterocycles. The van der Waals surface area contributed by atoms with Gasteiger partial charge < -0.3 is 16.0 Å². The summed E-state index contributed by atoms with van der Waals surface area (Å²) in [4.78, 5) is 30.4. The SMILES string of the molecule is CCc1ccc(NC(=Nc2c(N)n(C)c(=O)n(C)c2=O)N(C)C)cc1. The molecule has 8 heteroatoms. The number of hydrogen-bond donors (Lipinski definition) is 2. The zero-order chi connectivity index (χ0) is 18.7. The average molecular weight is 344 g/mol. The van der Waals surface area contributed by atoms with E-state index >= 15 is 0 Å². The van der Waals surface area contributed by atoms with Crippen LogP contribution in [-0.2, 0) is 20.5 Å². The topological polar surface area (TPSA) is 97.6 Å². The van der Waals surface area contributed by atoms with E-state index in [9.17, 15) is 9.59 Å². The van der Waals surface area contributed by atoms with Crippen molar-refractivity contribution in [3.05, 3.63) is 50.7 Å². The van der Waals surface area contributed by atoms with Crippen LogP contribution in [0.15, 0.2) is 38.8 Å². The third kappa shape index (κ3) is 3.73. The van der Waals surface area contributed by atoms with Gasteiger partial charge in [-0.05, 0) is 24.1 Å². The Bertz CT molecular complexity index is 906. The summed E-state index contributed by atoms with van der Waals surface area (Å²) >= 11 is 0. The Morgan fingerprint density at radius 1 is 1.16 bits per heavy atom. The van der Waals surface area contributed by atoms with Crippen LogP contribution in [0.1, 0.15) is 12.5 Å². The number of aliphatic imine (C=N–C) groups is 1. The molecule has 8 nitrogen and oxygen atoms in total. The van der Waals surface area contributed by atoms with E-state index in [2.05, 4.69) is 17.2 Å². The number of anilines is 2. The Morgan fingerprint density at radius 3 is 2.28 bits per heavy atom. The van der Waals surface area contributed by atoms with Crippen molar-refractivity contribution in [1.29, 1.82) is 0 Å².